The first-order valence-corrected chi connectivity index (χ1v) is 7.96. The van der Waals surface area contributed by atoms with E-state index in [2.05, 4.69) is 41.4 Å². The van der Waals surface area contributed by atoms with Gasteiger partial charge in [0.1, 0.15) is 0 Å². The number of nitrogens with one attached hydrogen (secondary N) is 2. The maximum atomic E-state index is 12.4. The van der Waals surface area contributed by atoms with Gasteiger partial charge >= 0.3 is 6.18 Å². The highest BCUT2D eigenvalue weighted by Gasteiger charge is 2.33. The van der Waals surface area contributed by atoms with Crippen molar-refractivity contribution < 1.29 is 13.2 Å². The Morgan fingerprint density at radius 2 is 1.83 bits per heavy atom. The van der Waals surface area contributed by atoms with Gasteiger partial charge in [-0.15, -0.1) is 35.3 Å². The summed E-state index contributed by atoms with van der Waals surface area (Å²) in [5.74, 6) is 0.650. The molecule has 9 heteroatoms. The van der Waals surface area contributed by atoms with Crippen molar-refractivity contribution in [3.63, 3.8) is 0 Å². The summed E-state index contributed by atoms with van der Waals surface area (Å²) in [6, 6.07) is 0. The fourth-order valence-corrected chi connectivity index (χ4v) is 2.43. The number of hydrogen-bond donors (Lipinski definition) is 2. The zero-order chi connectivity index (χ0) is 16.8. The van der Waals surface area contributed by atoms with E-state index in [0.717, 1.165) is 29.7 Å². The van der Waals surface area contributed by atoms with Crippen LogP contribution < -0.4 is 10.6 Å². The van der Waals surface area contributed by atoms with Crippen molar-refractivity contribution in [2.75, 3.05) is 20.1 Å². The average molecular weight is 464 g/mol. The highest BCUT2D eigenvalue weighted by Crippen LogP contribution is 2.29. The Morgan fingerprint density at radius 3 is 2.30 bits per heavy atom. The van der Waals surface area contributed by atoms with E-state index in [1.54, 1.807) is 7.05 Å². The lowest BCUT2D eigenvalue weighted by molar-refractivity contribution is -0.140. The van der Waals surface area contributed by atoms with Crippen LogP contribution in [-0.4, -0.2) is 31.1 Å². The van der Waals surface area contributed by atoms with Gasteiger partial charge < -0.3 is 10.6 Å². The minimum atomic E-state index is -4.37. The lowest BCUT2D eigenvalue weighted by Gasteiger charge is -2.19. The summed E-state index contributed by atoms with van der Waals surface area (Å²) in [7, 11) is 1.66. The van der Waals surface area contributed by atoms with Crippen molar-refractivity contribution >= 4 is 41.3 Å². The standard InChI is InChI=1S/C14H23F3N4S.HI/c1-13(2,3)6-8-20-12(18-4)19-7-5-11-21-10(9-22-11)14(15,16)17;/h9H,5-8H2,1-4H3,(H2,18,19,20);1H. The van der Waals surface area contributed by atoms with E-state index < -0.39 is 11.9 Å². The van der Waals surface area contributed by atoms with E-state index >= 15 is 0 Å². The Kier molecular flexibility index (Phi) is 9.41. The number of thiazole rings is 1. The van der Waals surface area contributed by atoms with Crippen LogP contribution in [0.3, 0.4) is 0 Å². The van der Waals surface area contributed by atoms with Gasteiger partial charge in [0.05, 0.1) is 5.01 Å². The van der Waals surface area contributed by atoms with Crippen LogP contribution in [0.2, 0.25) is 0 Å². The second-order valence-electron chi connectivity index (χ2n) is 6.11. The van der Waals surface area contributed by atoms with Crippen LogP contribution in [0.1, 0.15) is 37.9 Å². The van der Waals surface area contributed by atoms with Crippen LogP contribution in [0.15, 0.2) is 10.4 Å². The van der Waals surface area contributed by atoms with Gasteiger partial charge in [-0.3, -0.25) is 4.99 Å². The van der Waals surface area contributed by atoms with Gasteiger partial charge in [0, 0.05) is 31.9 Å². The smallest absolute Gasteiger partial charge is 0.356 e. The van der Waals surface area contributed by atoms with E-state index in [9.17, 15) is 13.2 Å². The predicted molar refractivity (Wildman–Crippen MR) is 99.7 cm³/mol. The largest absolute Gasteiger partial charge is 0.434 e. The van der Waals surface area contributed by atoms with Crippen molar-refractivity contribution in [2.24, 2.45) is 10.4 Å². The van der Waals surface area contributed by atoms with Crippen LogP contribution in [-0.2, 0) is 12.6 Å². The van der Waals surface area contributed by atoms with Gasteiger partial charge in [0.15, 0.2) is 11.7 Å². The second-order valence-corrected chi connectivity index (χ2v) is 7.05. The molecular weight excluding hydrogens is 440 g/mol. The van der Waals surface area contributed by atoms with Gasteiger partial charge in [-0.2, -0.15) is 13.2 Å². The van der Waals surface area contributed by atoms with Crippen molar-refractivity contribution in [2.45, 2.75) is 39.8 Å². The number of guanidine groups is 1. The highest BCUT2D eigenvalue weighted by molar-refractivity contribution is 14.0. The maximum Gasteiger partial charge on any atom is 0.434 e. The van der Waals surface area contributed by atoms with Gasteiger partial charge in [0.2, 0.25) is 0 Å². The number of halogens is 4. The summed E-state index contributed by atoms with van der Waals surface area (Å²) < 4.78 is 37.3. The fraction of sp³-hybridized carbons (Fsp3) is 0.714. The van der Waals surface area contributed by atoms with E-state index in [1.165, 1.54) is 0 Å². The molecule has 0 unspecified atom stereocenters. The molecule has 0 aliphatic carbocycles. The summed E-state index contributed by atoms with van der Waals surface area (Å²) in [5.41, 5.74) is -0.582. The molecule has 0 spiro atoms. The molecule has 0 atom stereocenters. The molecule has 23 heavy (non-hydrogen) atoms. The molecule has 1 heterocycles. The molecular formula is C14H24F3IN4S. The third kappa shape index (κ3) is 9.33. The summed E-state index contributed by atoms with van der Waals surface area (Å²) in [6.45, 7) is 7.75. The van der Waals surface area contributed by atoms with Crippen LogP contribution in [0.25, 0.3) is 0 Å². The summed E-state index contributed by atoms with van der Waals surface area (Å²) in [6.07, 6.45) is -2.94. The van der Waals surface area contributed by atoms with E-state index in [1.807, 2.05) is 0 Å². The molecule has 0 aliphatic rings. The Balaban J connectivity index is 0.00000484. The number of alkyl halides is 3. The monoisotopic (exact) mass is 464 g/mol. The number of aliphatic imine (C=N–C) groups is 1. The lowest BCUT2D eigenvalue weighted by Crippen LogP contribution is -2.39. The Bertz CT molecular complexity index is 495. The quantitative estimate of drug-likeness (QED) is 0.395. The van der Waals surface area contributed by atoms with Gasteiger partial charge in [-0.25, -0.2) is 4.98 Å². The van der Waals surface area contributed by atoms with Crippen LogP contribution in [0.4, 0.5) is 13.2 Å². The highest BCUT2D eigenvalue weighted by atomic mass is 127. The summed E-state index contributed by atoms with van der Waals surface area (Å²) >= 11 is 1.03. The van der Waals surface area contributed by atoms with Crippen LogP contribution in [0, 0.1) is 5.41 Å². The molecule has 2 N–H and O–H groups in total. The fourth-order valence-electron chi connectivity index (χ4n) is 1.62. The number of hydrogen-bond acceptors (Lipinski definition) is 3. The molecule has 0 saturated carbocycles. The Morgan fingerprint density at radius 1 is 1.22 bits per heavy atom. The number of nitrogens with zero attached hydrogens (tertiary/aromatic N) is 2. The van der Waals surface area contributed by atoms with Gasteiger partial charge in [0.25, 0.3) is 0 Å². The first kappa shape index (κ1) is 22.4. The lowest BCUT2D eigenvalue weighted by atomic mass is 9.92. The Hall–Kier alpha value is -0.580. The number of rotatable bonds is 5. The van der Waals surface area contributed by atoms with E-state index in [4.69, 9.17) is 0 Å². The summed E-state index contributed by atoms with van der Waals surface area (Å²) in [4.78, 5) is 7.67. The second kappa shape index (κ2) is 9.65. The SMILES string of the molecule is CN=C(NCCc1nc(C(F)(F)F)cs1)NCCC(C)(C)C.I. The normalized spacial score (nSPS) is 12.7. The zero-order valence-corrected chi connectivity index (χ0v) is 16.9. The molecule has 0 aromatic carbocycles. The van der Waals surface area contributed by atoms with Gasteiger partial charge in [-0.05, 0) is 11.8 Å². The van der Waals surface area contributed by atoms with Crippen molar-refractivity contribution in [3.8, 4) is 0 Å². The third-order valence-corrected chi connectivity index (χ3v) is 3.77. The minimum Gasteiger partial charge on any atom is -0.356 e. The predicted octanol–water partition coefficient (Wildman–Crippen LogP) is 3.92. The first-order valence-electron chi connectivity index (χ1n) is 7.08. The molecule has 0 amide bonds. The molecule has 4 nitrogen and oxygen atoms in total. The molecule has 0 radical (unpaired) electrons. The zero-order valence-electron chi connectivity index (χ0n) is 13.8. The average Bonchev–Trinajstić information content (AvgIpc) is 2.84. The van der Waals surface area contributed by atoms with Crippen LogP contribution in [0.5, 0.6) is 0 Å². The van der Waals surface area contributed by atoms with Gasteiger partial charge in [-0.1, -0.05) is 20.8 Å². The van der Waals surface area contributed by atoms with Crippen molar-refractivity contribution in [1.29, 1.82) is 0 Å². The maximum absolute atomic E-state index is 12.4. The van der Waals surface area contributed by atoms with Crippen LogP contribution >= 0.6 is 35.3 Å². The molecule has 0 saturated heterocycles. The third-order valence-electron chi connectivity index (χ3n) is 2.86. The minimum absolute atomic E-state index is 0. The molecule has 0 fully saturated rings. The molecule has 0 aliphatic heterocycles. The molecule has 1 aromatic heterocycles. The van der Waals surface area contributed by atoms with Crippen molar-refractivity contribution in [1.82, 2.24) is 15.6 Å². The molecule has 1 aromatic rings. The van der Waals surface area contributed by atoms with E-state index in [-0.39, 0.29) is 29.4 Å². The molecule has 134 valence electrons. The molecule has 1 rings (SSSR count). The number of aromatic nitrogens is 1. The summed E-state index contributed by atoms with van der Waals surface area (Å²) in [5, 5.41) is 7.77. The molecule has 0 bridgehead atoms. The van der Waals surface area contributed by atoms with Crippen molar-refractivity contribution in [3.05, 3.63) is 16.1 Å². The van der Waals surface area contributed by atoms with E-state index in [0.29, 0.717) is 23.9 Å². The first-order chi connectivity index (χ1) is 10.1. The Labute approximate surface area is 156 Å². The topological polar surface area (TPSA) is 49.3 Å².